The molecular weight excluding hydrogens is 272 g/mol. The molecule has 0 aliphatic heterocycles. The summed E-state index contributed by atoms with van der Waals surface area (Å²) in [6.07, 6.45) is 2.00. The predicted octanol–water partition coefficient (Wildman–Crippen LogP) is 5.05. The summed E-state index contributed by atoms with van der Waals surface area (Å²) in [5.74, 6) is 1.15. The molecular formula is C19H22OSi. The highest BCUT2D eigenvalue weighted by molar-refractivity contribution is 6.70. The van der Waals surface area contributed by atoms with Crippen molar-refractivity contribution in [1.82, 2.24) is 0 Å². The van der Waals surface area contributed by atoms with E-state index in [0.29, 0.717) is 0 Å². The summed E-state index contributed by atoms with van der Waals surface area (Å²) in [5.41, 5.74) is 5.48. The zero-order valence-corrected chi connectivity index (χ0v) is 14.0. The summed E-state index contributed by atoms with van der Waals surface area (Å²) in [5, 5.41) is 0. The molecule has 0 heterocycles. The van der Waals surface area contributed by atoms with E-state index in [2.05, 4.69) is 74.2 Å². The Kier molecular flexibility index (Phi) is 3.73. The van der Waals surface area contributed by atoms with E-state index < -0.39 is 8.32 Å². The van der Waals surface area contributed by atoms with E-state index in [1.807, 2.05) is 0 Å². The molecule has 2 aromatic carbocycles. The zero-order valence-electron chi connectivity index (χ0n) is 13.0. The third-order valence-electron chi connectivity index (χ3n) is 3.66. The van der Waals surface area contributed by atoms with Crippen molar-refractivity contribution in [3.63, 3.8) is 0 Å². The minimum absolute atomic E-state index is 0.981. The fourth-order valence-corrected chi connectivity index (χ4v) is 3.68. The largest absolute Gasteiger partial charge is 0.544 e. The smallest absolute Gasteiger partial charge is 0.242 e. The first-order valence-electron chi connectivity index (χ1n) is 7.56. The first-order chi connectivity index (χ1) is 10.0. The lowest BCUT2D eigenvalue weighted by molar-refractivity contribution is 0.511. The molecule has 2 heteroatoms. The van der Waals surface area contributed by atoms with Crippen LogP contribution in [0, 0.1) is 0 Å². The Morgan fingerprint density at radius 2 is 1.57 bits per heavy atom. The van der Waals surface area contributed by atoms with Gasteiger partial charge in [0.2, 0.25) is 8.32 Å². The zero-order chi connectivity index (χ0) is 14.9. The molecule has 0 unspecified atom stereocenters. The van der Waals surface area contributed by atoms with Gasteiger partial charge in [-0.15, -0.1) is 0 Å². The summed E-state index contributed by atoms with van der Waals surface area (Å²) in [6.45, 7) is 6.75. The highest BCUT2D eigenvalue weighted by Gasteiger charge is 2.27. The van der Waals surface area contributed by atoms with Gasteiger partial charge < -0.3 is 4.43 Å². The maximum absolute atomic E-state index is 6.43. The van der Waals surface area contributed by atoms with Crippen LogP contribution in [0.3, 0.4) is 0 Å². The van der Waals surface area contributed by atoms with Crippen molar-refractivity contribution in [1.29, 1.82) is 0 Å². The van der Waals surface area contributed by atoms with Gasteiger partial charge in [-0.2, -0.15) is 0 Å². The van der Waals surface area contributed by atoms with Gasteiger partial charge in [-0.1, -0.05) is 54.6 Å². The number of benzene rings is 2. The highest BCUT2D eigenvalue weighted by atomic mass is 28.4. The van der Waals surface area contributed by atoms with Gasteiger partial charge in [-0.25, -0.2) is 0 Å². The van der Waals surface area contributed by atoms with Crippen molar-refractivity contribution < 1.29 is 4.43 Å². The molecule has 1 nitrogen and oxygen atoms in total. The average molecular weight is 294 g/mol. The van der Waals surface area contributed by atoms with E-state index in [9.17, 15) is 0 Å². The monoisotopic (exact) mass is 294 g/mol. The van der Waals surface area contributed by atoms with Crippen LogP contribution in [0.1, 0.15) is 16.7 Å². The van der Waals surface area contributed by atoms with Gasteiger partial charge in [0.1, 0.15) is 5.76 Å². The molecule has 1 aliphatic rings. The second kappa shape index (κ2) is 5.53. The van der Waals surface area contributed by atoms with Gasteiger partial charge >= 0.3 is 0 Å². The van der Waals surface area contributed by atoms with Crippen molar-refractivity contribution in [3.05, 3.63) is 76.9 Å². The maximum Gasteiger partial charge on any atom is 0.242 e. The van der Waals surface area contributed by atoms with Crippen molar-refractivity contribution >= 4 is 14.1 Å². The number of fused-ring (bicyclic) bond motifs is 1. The van der Waals surface area contributed by atoms with Gasteiger partial charge in [-0.05, 0) is 49.2 Å². The van der Waals surface area contributed by atoms with E-state index in [4.69, 9.17) is 4.43 Å². The summed E-state index contributed by atoms with van der Waals surface area (Å²) >= 11 is 0. The Hall–Kier alpha value is -1.80. The topological polar surface area (TPSA) is 9.23 Å². The van der Waals surface area contributed by atoms with E-state index in [0.717, 1.165) is 18.6 Å². The molecule has 1 aliphatic carbocycles. The lowest BCUT2D eigenvalue weighted by Crippen LogP contribution is -2.24. The minimum atomic E-state index is -1.61. The molecule has 0 saturated carbocycles. The van der Waals surface area contributed by atoms with E-state index in [-0.39, 0.29) is 0 Å². The van der Waals surface area contributed by atoms with E-state index >= 15 is 0 Å². The van der Waals surface area contributed by atoms with Crippen LogP contribution in [0.15, 0.2) is 60.2 Å². The third-order valence-corrected chi connectivity index (χ3v) is 4.47. The summed E-state index contributed by atoms with van der Waals surface area (Å²) < 4.78 is 6.43. The second-order valence-electron chi connectivity index (χ2n) is 6.64. The van der Waals surface area contributed by atoms with E-state index in [1.165, 1.54) is 22.3 Å². The molecule has 0 spiro atoms. The van der Waals surface area contributed by atoms with Crippen molar-refractivity contribution in [2.75, 3.05) is 0 Å². The summed E-state index contributed by atoms with van der Waals surface area (Å²) in [6, 6.07) is 19.3. The molecule has 0 atom stereocenters. The lowest BCUT2D eigenvalue weighted by Gasteiger charge is -2.22. The summed E-state index contributed by atoms with van der Waals surface area (Å²) in [4.78, 5) is 0. The molecule has 0 bridgehead atoms. The van der Waals surface area contributed by atoms with Crippen LogP contribution < -0.4 is 0 Å². The number of rotatable bonds is 4. The normalized spacial score (nSPS) is 14.2. The van der Waals surface area contributed by atoms with Crippen LogP contribution in [0.4, 0.5) is 0 Å². The fourth-order valence-electron chi connectivity index (χ4n) is 2.81. The van der Waals surface area contributed by atoms with E-state index in [1.54, 1.807) is 0 Å². The third kappa shape index (κ3) is 3.27. The number of hydrogen-bond donors (Lipinski definition) is 0. The average Bonchev–Trinajstić information content (AvgIpc) is 2.76. The molecule has 3 rings (SSSR count). The number of allylic oxidation sites excluding steroid dienone is 1. The van der Waals surface area contributed by atoms with Gasteiger partial charge in [0.15, 0.2) is 0 Å². The SMILES string of the molecule is C[Si](C)(C)OC1=C(Cc2ccccc2)Cc2ccccc21. The van der Waals surface area contributed by atoms with Crippen LogP contribution in [0.5, 0.6) is 0 Å². The fraction of sp³-hybridized carbons (Fsp3) is 0.263. The van der Waals surface area contributed by atoms with Crippen molar-refractivity contribution in [2.45, 2.75) is 32.5 Å². The second-order valence-corrected chi connectivity index (χ2v) is 11.1. The Bertz CT molecular complexity index is 665. The molecule has 0 saturated heterocycles. The quantitative estimate of drug-likeness (QED) is 0.717. The summed E-state index contributed by atoms with van der Waals surface area (Å²) in [7, 11) is -1.61. The molecule has 0 amide bonds. The molecule has 2 aromatic rings. The van der Waals surface area contributed by atoms with Crippen LogP contribution >= 0.6 is 0 Å². The molecule has 108 valence electrons. The molecule has 0 fully saturated rings. The predicted molar refractivity (Wildman–Crippen MR) is 91.6 cm³/mol. The van der Waals surface area contributed by atoms with Crippen molar-refractivity contribution in [3.8, 4) is 0 Å². The molecule has 21 heavy (non-hydrogen) atoms. The first kappa shape index (κ1) is 14.1. The first-order valence-corrected chi connectivity index (χ1v) is 11.0. The molecule has 0 radical (unpaired) electrons. The molecule has 0 aromatic heterocycles. The van der Waals surface area contributed by atoms with Crippen LogP contribution in [0.2, 0.25) is 19.6 Å². The van der Waals surface area contributed by atoms with Gasteiger partial charge in [0, 0.05) is 5.56 Å². The van der Waals surface area contributed by atoms with Gasteiger partial charge in [0.25, 0.3) is 0 Å². The van der Waals surface area contributed by atoms with Crippen LogP contribution in [-0.2, 0) is 17.3 Å². The maximum atomic E-state index is 6.43. The molecule has 0 N–H and O–H groups in total. The Balaban J connectivity index is 1.97. The van der Waals surface area contributed by atoms with Crippen LogP contribution in [0.25, 0.3) is 5.76 Å². The van der Waals surface area contributed by atoms with Crippen LogP contribution in [-0.4, -0.2) is 8.32 Å². The Morgan fingerprint density at radius 3 is 2.29 bits per heavy atom. The Labute approximate surface area is 128 Å². The lowest BCUT2D eigenvalue weighted by atomic mass is 10.0. The minimum Gasteiger partial charge on any atom is -0.544 e. The Morgan fingerprint density at radius 1 is 0.905 bits per heavy atom. The number of hydrogen-bond acceptors (Lipinski definition) is 1. The standard InChI is InChI=1S/C19H22OSi/c1-21(2,3)20-19-17(13-15-9-5-4-6-10-15)14-16-11-7-8-12-18(16)19/h4-12H,13-14H2,1-3H3. The van der Waals surface area contributed by atoms with Gasteiger partial charge in [-0.3, -0.25) is 0 Å². The van der Waals surface area contributed by atoms with Gasteiger partial charge in [0.05, 0.1) is 0 Å². The highest BCUT2D eigenvalue weighted by Crippen LogP contribution is 2.36. The van der Waals surface area contributed by atoms with Crippen molar-refractivity contribution in [2.24, 2.45) is 0 Å².